The Labute approximate surface area is 189 Å². The predicted molar refractivity (Wildman–Crippen MR) is 130 cm³/mol. The zero-order chi connectivity index (χ0) is 23.1. The van der Waals surface area contributed by atoms with Gasteiger partial charge < -0.3 is 0 Å². The van der Waals surface area contributed by atoms with Crippen LogP contribution in [0.3, 0.4) is 0 Å². The van der Waals surface area contributed by atoms with Crippen molar-refractivity contribution >= 4 is 10.1 Å². The third kappa shape index (κ3) is 7.79. The molecule has 1 aliphatic rings. The summed E-state index contributed by atoms with van der Waals surface area (Å²) in [7, 11) is -3.73. The number of hydrogen-bond donors (Lipinski definition) is 0. The maximum absolute atomic E-state index is 12.2. The van der Waals surface area contributed by atoms with Gasteiger partial charge in [-0.1, -0.05) is 84.7 Å². The van der Waals surface area contributed by atoms with Gasteiger partial charge in [0.05, 0.1) is 11.5 Å². The van der Waals surface area contributed by atoms with Gasteiger partial charge in [0.2, 0.25) is 0 Å². The lowest BCUT2D eigenvalue weighted by atomic mass is 9.72. The minimum atomic E-state index is -3.73. The molecule has 4 heteroatoms. The van der Waals surface area contributed by atoms with Gasteiger partial charge >= 0.3 is 0 Å². The topological polar surface area (TPSA) is 43.4 Å². The average Bonchev–Trinajstić information content (AvgIpc) is 2.67. The van der Waals surface area contributed by atoms with E-state index in [1.807, 2.05) is 26.0 Å². The second kappa shape index (κ2) is 10.9. The zero-order valence-electron chi connectivity index (χ0n) is 19.7. The van der Waals surface area contributed by atoms with Crippen LogP contribution in [0.5, 0.6) is 0 Å². The summed E-state index contributed by atoms with van der Waals surface area (Å²) in [6, 6.07) is 6.65. The van der Waals surface area contributed by atoms with E-state index in [9.17, 15) is 8.42 Å². The van der Waals surface area contributed by atoms with E-state index in [0.717, 1.165) is 11.1 Å². The first kappa shape index (κ1) is 25.1. The van der Waals surface area contributed by atoms with Crippen LogP contribution in [0, 0.1) is 12.3 Å². The molecule has 0 amide bonds. The molecule has 31 heavy (non-hydrogen) atoms. The van der Waals surface area contributed by atoms with Gasteiger partial charge in [-0.05, 0) is 70.1 Å². The molecule has 0 atom stereocenters. The molecule has 0 fully saturated rings. The van der Waals surface area contributed by atoms with Crippen LogP contribution in [0.25, 0.3) is 0 Å². The van der Waals surface area contributed by atoms with Crippen molar-refractivity contribution in [3.05, 3.63) is 88.6 Å². The summed E-state index contributed by atoms with van der Waals surface area (Å²) in [5.74, 6) is 0. The predicted octanol–water partition coefficient (Wildman–Crippen LogP) is 7.23. The Morgan fingerprint density at radius 1 is 1.06 bits per heavy atom. The van der Waals surface area contributed by atoms with Crippen molar-refractivity contribution in [2.75, 3.05) is 6.61 Å². The first-order chi connectivity index (χ1) is 14.5. The fourth-order valence-electron chi connectivity index (χ4n) is 3.73. The van der Waals surface area contributed by atoms with Crippen LogP contribution >= 0.6 is 0 Å². The Balaban J connectivity index is 1.93. The second-order valence-corrected chi connectivity index (χ2v) is 10.6. The van der Waals surface area contributed by atoms with Crippen molar-refractivity contribution < 1.29 is 12.6 Å². The van der Waals surface area contributed by atoms with Gasteiger partial charge in [-0.2, -0.15) is 8.42 Å². The number of allylic oxidation sites excluding steroid dienone is 9. The fourth-order valence-corrected chi connectivity index (χ4v) is 4.58. The Morgan fingerprint density at radius 3 is 2.39 bits per heavy atom. The Morgan fingerprint density at radius 2 is 1.74 bits per heavy atom. The molecule has 0 N–H and O–H groups in total. The van der Waals surface area contributed by atoms with Crippen LogP contribution in [-0.2, 0) is 14.3 Å². The summed E-state index contributed by atoms with van der Waals surface area (Å²) in [5.41, 5.74) is 6.32. The fraction of sp³-hybridized carbons (Fsp3) is 0.407. The molecule has 0 bridgehead atoms. The Kier molecular flexibility index (Phi) is 8.84. The average molecular weight is 441 g/mol. The first-order valence-electron chi connectivity index (χ1n) is 10.9. The summed E-state index contributed by atoms with van der Waals surface area (Å²) < 4.78 is 29.5. The summed E-state index contributed by atoms with van der Waals surface area (Å²) >= 11 is 0. The smallest absolute Gasteiger partial charge is 0.262 e. The molecular formula is C27H36O3S. The van der Waals surface area contributed by atoms with Crippen LogP contribution in [0.15, 0.2) is 87.9 Å². The van der Waals surface area contributed by atoms with Gasteiger partial charge in [0.1, 0.15) is 0 Å². The lowest BCUT2D eigenvalue weighted by Gasteiger charge is -2.32. The molecule has 1 aromatic carbocycles. The van der Waals surface area contributed by atoms with Crippen LogP contribution in [0.1, 0.15) is 59.4 Å². The molecule has 0 saturated carbocycles. The normalized spacial score (nSPS) is 18.4. The first-order valence-corrected chi connectivity index (χ1v) is 12.3. The number of aryl methyl sites for hydroxylation is 1. The van der Waals surface area contributed by atoms with E-state index in [0.29, 0.717) is 0 Å². The van der Waals surface area contributed by atoms with E-state index in [-0.39, 0.29) is 16.9 Å². The second-order valence-electron chi connectivity index (χ2n) is 9.03. The van der Waals surface area contributed by atoms with E-state index in [2.05, 4.69) is 45.9 Å². The minimum Gasteiger partial charge on any atom is -0.262 e. The van der Waals surface area contributed by atoms with Gasteiger partial charge in [-0.3, -0.25) is 4.18 Å². The van der Waals surface area contributed by atoms with Gasteiger partial charge in [0, 0.05) is 0 Å². The van der Waals surface area contributed by atoms with E-state index >= 15 is 0 Å². The maximum Gasteiger partial charge on any atom is 0.297 e. The van der Waals surface area contributed by atoms with Gasteiger partial charge in [-0.25, -0.2) is 0 Å². The summed E-state index contributed by atoms with van der Waals surface area (Å²) in [4.78, 5) is 0.177. The van der Waals surface area contributed by atoms with Crippen molar-refractivity contribution in [1.29, 1.82) is 0 Å². The summed E-state index contributed by atoms with van der Waals surface area (Å²) in [6.07, 6.45) is 15.9. The molecule has 2 rings (SSSR count). The number of benzene rings is 1. The van der Waals surface area contributed by atoms with Crippen LogP contribution in [0.2, 0.25) is 0 Å². The molecule has 168 valence electrons. The van der Waals surface area contributed by atoms with E-state index < -0.39 is 10.1 Å². The quantitative estimate of drug-likeness (QED) is 0.316. The summed E-state index contributed by atoms with van der Waals surface area (Å²) in [5, 5.41) is 0. The largest absolute Gasteiger partial charge is 0.297 e. The molecule has 0 spiro atoms. The molecule has 0 radical (unpaired) electrons. The van der Waals surface area contributed by atoms with Crippen LogP contribution < -0.4 is 0 Å². The minimum absolute atomic E-state index is 0.0114. The van der Waals surface area contributed by atoms with Gasteiger partial charge in [0.25, 0.3) is 10.1 Å². The van der Waals surface area contributed by atoms with Crippen molar-refractivity contribution in [2.45, 2.75) is 65.7 Å². The SMILES string of the molecule is CC1=C(/C=C/C(C)=C/C=C/C(C)=C/COS(=O)(=O)c2ccc(C)cc2)C(C)(C)CCC1. The van der Waals surface area contributed by atoms with E-state index in [4.69, 9.17) is 4.18 Å². The van der Waals surface area contributed by atoms with Crippen LogP contribution in [-0.4, -0.2) is 15.0 Å². The highest BCUT2D eigenvalue weighted by atomic mass is 32.2. The molecule has 3 nitrogen and oxygen atoms in total. The maximum atomic E-state index is 12.2. The highest BCUT2D eigenvalue weighted by Gasteiger charge is 2.26. The van der Waals surface area contributed by atoms with Gasteiger partial charge in [-0.15, -0.1) is 0 Å². The highest BCUT2D eigenvalue weighted by Crippen LogP contribution is 2.40. The Hall–Kier alpha value is -2.17. The zero-order valence-corrected chi connectivity index (χ0v) is 20.6. The molecule has 0 aromatic heterocycles. The lowest BCUT2D eigenvalue weighted by Crippen LogP contribution is -2.19. The highest BCUT2D eigenvalue weighted by molar-refractivity contribution is 7.86. The molecule has 0 unspecified atom stereocenters. The van der Waals surface area contributed by atoms with Crippen molar-refractivity contribution in [3.63, 3.8) is 0 Å². The molecular weight excluding hydrogens is 404 g/mol. The molecule has 0 heterocycles. The van der Waals surface area contributed by atoms with Crippen LogP contribution in [0.4, 0.5) is 0 Å². The third-order valence-corrected chi connectivity index (χ3v) is 7.01. The summed E-state index contributed by atoms with van der Waals surface area (Å²) in [6.45, 7) is 12.8. The van der Waals surface area contributed by atoms with Crippen molar-refractivity contribution in [3.8, 4) is 0 Å². The van der Waals surface area contributed by atoms with E-state index in [1.54, 1.807) is 30.3 Å². The molecule has 1 aromatic rings. The van der Waals surface area contributed by atoms with Crippen molar-refractivity contribution in [2.24, 2.45) is 5.41 Å². The van der Waals surface area contributed by atoms with Crippen molar-refractivity contribution in [1.82, 2.24) is 0 Å². The standard InChI is InChI=1S/C27H36O3S/c1-21(14-17-26-24(4)11-8-19-27(26,5)6)9-7-10-22(2)18-20-30-31(28,29)25-15-12-23(3)13-16-25/h7,9-10,12-18H,8,11,19-20H2,1-6H3/b10-7+,17-14+,21-9+,22-18+. The lowest BCUT2D eigenvalue weighted by molar-refractivity contribution is 0.356. The molecule has 0 aliphatic heterocycles. The molecule has 1 aliphatic carbocycles. The number of rotatable bonds is 8. The third-order valence-electron chi connectivity index (χ3n) is 5.71. The Bertz CT molecular complexity index is 1010. The number of hydrogen-bond acceptors (Lipinski definition) is 3. The monoisotopic (exact) mass is 440 g/mol. The molecule has 0 saturated heterocycles. The van der Waals surface area contributed by atoms with E-state index in [1.165, 1.54) is 36.0 Å². The van der Waals surface area contributed by atoms with Gasteiger partial charge in [0.15, 0.2) is 0 Å².